The number of aromatic nitrogens is 1. The van der Waals surface area contributed by atoms with Gasteiger partial charge in [-0.05, 0) is 19.8 Å². The zero-order valence-electron chi connectivity index (χ0n) is 8.49. The zero-order chi connectivity index (χ0) is 10.6. The third-order valence-corrected chi connectivity index (χ3v) is 2.40. The Labute approximate surface area is 82.9 Å². The molecule has 1 N–H and O–H groups in total. The maximum Gasteiger partial charge on any atom is 0.309 e. The summed E-state index contributed by atoms with van der Waals surface area (Å²) < 4.78 is 4.68. The maximum atomic E-state index is 11.1. The Morgan fingerprint density at radius 3 is 2.86 bits per heavy atom. The number of hydrogen-bond acceptors (Lipinski definition) is 3. The van der Waals surface area contributed by atoms with Gasteiger partial charge in [-0.2, -0.15) is 0 Å². The minimum atomic E-state index is -0.763. The number of hydrogen-bond donors (Lipinski definition) is 1. The van der Waals surface area contributed by atoms with Gasteiger partial charge in [-0.15, -0.1) is 0 Å². The van der Waals surface area contributed by atoms with Crippen molar-refractivity contribution in [2.45, 2.75) is 33.1 Å². The third kappa shape index (κ3) is 2.34. The average Bonchev–Trinajstić information content (AvgIpc) is 2.56. The van der Waals surface area contributed by atoms with Gasteiger partial charge in [0.2, 0.25) is 0 Å². The van der Waals surface area contributed by atoms with Crippen molar-refractivity contribution in [1.29, 1.82) is 0 Å². The lowest BCUT2D eigenvalue weighted by atomic mass is 9.80. The number of nitrogens with zero attached hydrogens (tertiary/aromatic N) is 1. The topological polar surface area (TPSA) is 63.3 Å². The van der Waals surface area contributed by atoms with Crippen LogP contribution >= 0.6 is 0 Å². The van der Waals surface area contributed by atoms with Gasteiger partial charge in [0.25, 0.3) is 0 Å². The van der Waals surface area contributed by atoms with Crippen LogP contribution in [0.3, 0.4) is 0 Å². The van der Waals surface area contributed by atoms with Crippen LogP contribution in [0.15, 0.2) is 17.0 Å². The zero-order valence-corrected chi connectivity index (χ0v) is 8.49. The Kier molecular flexibility index (Phi) is 3.28. The predicted octanol–water partition coefficient (Wildman–Crippen LogP) is 2.11. The van der Waals surface area contributed by atoms with E-state index in [2.05, 4.69) is 9.68 Å². The van der Waals surface area contributed by atoms with Gasteiger partial charge >= 0.3 is 5.97 Å². The van der Waals surface area contributed by atoms with Crippen LogP contribution in [0.5, 0.6) is 0 Å². The first kappa shape index (κ1) is 10.8. The quantitative estimate of drug-likeness (QED) is 0.785. The summed E-state index contributed by atoms with van der Waals surface area (Å²) in [6, 6.07) is 0. The number of carbonyl (C=O) groups is 1. The van der Waals surface area contributed by atoms with Crippen molar-refractivity contribution in [3.8, 4) is 0 Å². The Bertz CT molecular complexity index is 294. The van der Waals surface area contributed by atoms with Crippen LogP contribution < -0.4 is 0 Å². The molecule has 0 aliphatic heterocycles. The van der Waals surface area contributed by atoms with Crippen molar-refractivity contribution in [3.05, 3.63) is 18.0 Å². The largest absolute Gasteiger partial charge is 0.481 e. The summed E-state index contributed by atoms with van der Waals surface area (Å²) in [6.07, 6.45) is 5.05. The minimum Gasteiger partial charge on any atom is -0.481 e. The molecule has 1 unspecified atom stereocenters. The molecule has 1 atom stereocenters. The summed E-state index contributed by atoms with van der Waals surface area (Å²) >= 11 is 0. The van der Waals surface area contributed by atoms with Crippen LogP contribution in [0.1, 0.15) is 32.3 Å². The molecular weight excluding hydrogens is 182 g/mol. The van der Waals surface area contributed by atoms with Gasteiger partial charge in [-0.1, -0.05) is 18.5 Å². The molecule has 1 aromatic rings. The molecule has 4 nitrogen and oxygen atoms in total. The molecule has 1 aromatic heterocycles. The Morgan fingerprint density at radius 2 is 2.43 bits per heavy atom. The summed E-state index contributed by atoms with van der Waals surface area (Å²) in [4.78, 5) is 11.1. The highest BCUT2D eigenvalue weighted by atomic mass is 16.5. The van der Waals surface area contributed by atoms with E-state index in [0.29, 0.717) is 12.8 Å². The second kappa shape index (κ2) is 4.26. The molecule has 14 heavy (non-hydrogen) atoms. The van der Waals surface area contributed by atoms with Crippen molar-refractivity contribution >= 4 is 5.97 Å². The van der Waals surface area contributed by atoms with Crippen LogP contribution in [0.4, 0.5) is 0 Å². The summed E-state index contributed by atoms with van der Waals surface area (Å²) in [5, 5.41) is 12.7. The van der Waals surface area contributed by atoms with E-state index >= 15 is 0 Å². The molecule has 1 rings (SSSR count). The van der Waals surface area contributed by atoms with Crippen LogP contribution in [0.25, 0.3) is 0 Å². The number of aliphatic carboxylic acids is 1. The Morgan fingerprint density at radius 1 is 1.71 bits per heavy atom. The Hall–Kier alpha value is -1.32. The van der Waals surface area contributed by atoms with E-state index in [1.807, 2.05) is 6.92 Å². The van der Waals surface area contributed by atoms with Crippen molar-refractivity contribution in [2.24, 2.45) is 5.41 Å². The molecule has 0 aliphatic rings. The molecule has 0 bridgehead atoms. The molecule has 0 amide bonds. The second-order valence-electron chi connectivity index (χ2n) is 3.83. The van der Waals surface area contributed by atoms with E-state index in [9.17, 15) is 4.79 Å². The van der Waals surface area contributed by atoms with Gasteiger partial charge < -0.3 is 9.63 Å². The second-order valence-corrected chi connectivity index (χ2v) is 3.83. The fourth-order valence-electron chi connectivity index (χ4n) is 1.59. The smallest absolute Gasteiger partial charge is 0.309 e. The third-order valence-electron chi connectivity index (χ3n) is 2.40. The normalized spacial score (nSPS) is 15.0. The molecular formula is C10H15NO3. The van der Waals surface area contributed by atoms with Gasteiger partial charge in [-0.3, -0.25) is 4.79 Å². The molecule has 4 heteroatoms. The van der Waals surface area contributed by atoms with Crippen LogP contribution in [-0.2, 0) is 11.2 Å². The number of carboxylic acids is 1. The fraction of sp³-hybridized carbons (Fsp3) is 0.600. The highest BCUT2D eigenvalue weighted by molar-refractivity contribution is 5.74. The fourth-order valence-corrected chi connectivity index (χ4v) is 1.59. The van der Waals surface area contributed by atoms with Crippen LogP contribution in [0.2, 0.25) is 0 Å². The van der Waals surface area contributed by atoms with Crippen molar-refractivity contribution < 1.29 is 14.4 Å². The molecule has 0 aromatic carbocycles. The minimum absolute atomic E-state index is 0.472. The average molecular weight is 197 g/mol. The van der Waals surface area contributed by atoms with Crippen molar-refractivity contribution in [2.75, 3.05) is 0 Å². The van der Waals surface area contributed by atoms with Crippen LogP contribution in [-0.4, -0.2) is 16.2 Å². The van der Waals surface area contributed by atoms with Gasteiger partial charge in [0, 0.05) is 5.56 Å². The van der Waals surface area contributed by atoms with Gasteiger partial charge in [0.15, 0.2) is 0 Å². The van der Waals surface area contributed by atoms with Crippen molar-refractivity contribution in [1.82, 2.24) is 5.16 Å². The van der Waals surface area contributed by atoms with E-state index in [4.69, 9.17) is 5.11 Å². The highest BCUT2D eigenvalue weighted by Crippen LogP contribution is 2.28. The lowest BCUT2D eigenvalue weighted by molar-refractivity contribution is -0.148. The highest BCUT2D eigenvalue weighted by Gasteiger charge is 2.32. The predicted molar refractivity (Wildman–Crippen MR) is 50.9 cm³/mol. The first-order chi connectivity index (χ1) is 6.58. The first-order valence-corrected chi connectivity index (χ1v) is 4.70. The van der Waals surface area contributed by atoms with E-state index in [0.717, 1.165) is 12.0 Å². The molecule has 0 aliphatic carbocycles. The van der Waals surface area contributed by atoms with Crippen molar-refractivity contribution in [3.63, 3.8) is 0 Å². The van der Waals surface area contributed by atoms with Gasteiger partial charge in [0.1, 0.15) is 6.26 Å². The van der Waals surface area contributed by atoms with E-state index in [1.165, 1.54) is 6.26 Å². The Balaban J connectivity index is 2.74. The molecule has 78 valence electrons. The van der Waals surface area contributed by atoms with E-state index < -0.39 is 11.4 Å². The summed E-state index contributed by atoms with van der Waals surface area (Å²) in [6.45, 7) is 3.74. The molecule has 0 radical (unpaired) electrons. The first-order valence-electron chi connectivity index (χ1n) is 4.70. The standard InChI is InChI=1S/C10H15NO3/c1-3-4-10(2,9(12)13)5-8-6-11-14-7-8/h6-7H,3-5H2,1-2H3,(H,12,13). The number of rotatable bonds is 5. The summed E-state index contributed by atoms with van der Waals surface area (Å²) in [5.74, 6) is -0.763. The molecule has 0 spiro atoms. The lowest BCUT2D eigenvalue weighted by Gasteiger charge is -2.22. The number of carboxylic acid groups (broad SMARTS) is 1. The van der Waals surface area contributed by atoms with E-state index in [-0.39, 0.29) is 0 Å². The molecule has 0 saturated heterocycles. The molecule has 1 heterocycles. The summed E-state index contributed by atoms with van der Waals surface area (Å²) in [5.41, 5.74) is 0.128. The molecule has 0 fully saturated rings. The monoisotopic (exact) mass is 197 g/mol. The summed E-state index contributed by atoms with van der Waals surface area (Å²) in [7, 11) is 0. The van der Waals surface area contributed by atoms with Gasteiger partial charge in [0.05, 0.1) is 11.6 Å². The lowest BCUT2D eigenvalue weighted by Crippen LogP contribution is -2.29. The van der Waals surface area contributed by atoms with Crippen LogP contribution in [0, 0.1) is 5.41 Å². The SMILES string of the molecule is CCCC(C)(Cc1cnoc1)C(=O)O. The molecule has 0 saturated carbocycles. The van der Waals surface area contributed by atoms with E-state index in [1.54, 1.807) is 13.1 Å². The maximum absolute atomic E-state index is 11.1. The van der Waals surface area contributed by atoms with Gasteiger partial charge in [-0.25, -0.2) is 0 Å².